The molecule has 0 spiro atoms. The van der Waals surface area contributed by atoms with Crippen molar-refractivity contribution >= 4 is 29.7 Å². The first-order valence-electron chi connectivity index (χ1n) is 10.1. The molecule has 2 amide bonds. The average molecular weight is 435 g/mol. The highest BCUT2D eigenvalue weighted by Gasteiger charge is 2.42. The zero-order valence-corrected chi connectivity index (χ0v) is 18.8. The molecule has 2 fully saturated rings. The van der Waals surface area contributed by atoms with E-state index in [4.69, 9.17) is 14.2 Å². The van der Waals surface area contributed by atoms with Crippen LogP contribution in [-0.4, -0.2) is 69.5 Å². The van der Waals surface area contributed by atoms with E-state index in [9.17, 15) is 9.59 Å². The van der Waals surface area contributed by atoms with E-state index in [1.54, 1.807) is 33.1 Å². The van der Waals surface area contributed by atoms with Gasteiger partial charge in [0.1, 0.15) is 0 Å². The van der Waals surface area contributed by atoms with E-state index in [1.165, 1.54) is 0 Å². The van der Waals surface area contributed by atoms with Crippen molar-refractivity contribution in [3.63, 3.8) is 0 Å². The lowest BCUT2D eigenvalue weighted by Crippen LogP contribution is -2.52. The Balaban J connectivity index is 1.71. The standard InChI is InChI=1S/C22H30N2O5S/c1-24-16-13-15(21(25)23-9-10-27-2)6-8-19(16)30-20(22(24)26)12-14-5-7-17(28-3)18(11-14)29-4/h5,7,11-12,15-16,19H,6,8-10,13H2,1-4H3,(H,23,25)/b20-12-. The van der Waals surface area contributed by atoms with E-state index in [0.29, 0.717) is 41.2 Å². The number of benzene rings is 1. The topological polar surface area (TPSA) is 77.1 Å². The first-order chi connectivity index (χ1) is 14.5. The van der Waals surface area contributed by atoms with E-state index in [-0.39, 0.29) is 23.8 Å². The number of nitrogens with zero attached hydrogens (tertiary/aromatic N) is 1. The minimum Gasteiger partial charge on any atom is -0.493 e. The Kier molecular flexibility index (Phi) is 7.66. The highest BCUT2D eigenvalue weighted by Crippen LogP contribution is 2.43. The number of methoxy groups -OCH3 is 3. The molecule has 3 atom stereocenters. The third kappa shape index (κ3) is 4.92. The number of rotatable bonds is 7. The SMILES string of the molecule is COCCNC(=O)C1CCC2S/C(=C\c3ccc(OC)c(OC)c3)C(=O)N(C)C2C1. The van der Waals surface area contributed by atoms with Crippen LogP contribution in [0.4, 0.5) is 0 Å². The van der Waals surface area contributed by atoms with Crippen molar-refractivity contribution in [1.82, 2.24) is 10.2 Å². The first kappa shape index (κ1) is 22.5. The van der Waals surface area contributed by atoms with Gasteiger partial charge >= 0.3 is 0 Å². The van der Waals surface area contributed by atoms with Crippen molar-refractivity contribution in [2.45, 2.75) is 30.6 Å². The van der Waals surface area contributed by atoms with Crippen LogP contribution in [0.2, 0.25) is 0 Å². The van der Waals surface area contributed by atoms with Gasteiger partial charge in [0.15, 0.2) is 11.5 Å². The average Bonchev–Trinajstić information content (AvgIpc) is 2.77. The number of amides is 2. The lowest BCUT2D eigenvalue weighted by Gasteiger charge is -2.44. The Morgan fingerprint density at radius 1 is 1.23 bits per heavy atom. The van der Waals surface area contributed by atoms with Gasteiger partial charge in [-0.3, -0.25) is 9.59 Å². The Labute approximate surface area is 182 Å². The normalized spacial score (nSPS) is 25.1. The summed E-state index contributed by atoms with van der Waals surface area (Å²) in [5.74, 6) is 1.28. The molecule has 3 unspecified atom stereocenters. The molecule has 1 saturated carbocycles. The van der Waals surface area contributed by atoms with Crippen LogP contribution in [0.25, 0.3) is 6.08 Å². The minimum absolute atomic E-state index is 0.00326. The monoisotopic (exact) mass is 434 g/mol. The van der Waals surface area contributed by atoms with E-state index in [2.05, 4.69) is 5.32 Å². The maximum Gasteiger partial charge on any atom is 0.260 e. The molecule has 0 bridgehead atoms. The molecule has 1 N–H and O–H groups in total. The van der Waals surface area contributed by atoms with Crippen molar-refractivity contribution in [1.29, 1.82) is 0 Å². The summed E-state index contributed by atoms with van der Waals surface area (Å²) in [6.45, 7) is 1.02. The van der Waals surface area contributed by atoms with Crippen LogP contribution in [0.5, 0.6) is 11.5 Å². The molecule has 8 heteroatoms. The molecule has 1 aliphatic carbocycles. The van der Waals surface area contributed by atoms with Crippen LogP contribution in [0, 0.1) is 5.92 Å². The zero-order valence-electron chi connectivity index (χ0n) is 18.0. The molecular formula is C22H30N2O5S. The first-order valence-corrected chi connectivity index (χ1v) is 11.0. The predicted octanol–water partition coefficient (Wildman–Crippen LogP) is 2.55. The van der Waals surface area contributed by atoms with Crippen molar-refractivity contribution < 1.29 is 23.8 Å². The highest BCUT2D eigenvalue weighted by molar-refractivity contribution is 8.04. The number of nitrogens with one attached hydrogen (secondary N) is 1. The van der Waals surface area contributed by atoms with E-state index < -0.39 is 0 Å². The van der Waals surface area contributed by atoms with Gasteiger partial charge in [-0.2, -0.15) is 0 Å². The lowest BCUT2D eigenvalue weighted by atomic mass is 9.83. The largest absolute Gasteiger partial charge is 0.493 e. The van der Waals surface area contributed by atoms with Gasteiger partial charge in [-0.05, 0) is 43.0 Å². The fraction of sp³-hybridized carbons (Fsp3) is 0.545. The minimum atomic E-state index is -0.0599. The summed E-state index contributed by atoms with van der Waals surface area (Å²) in [5, 5.41) is 3.22. The number of ether oxygens (including phenoxy) is 3. The van der Waals surface area contributed by atoms with Gasteiger partial charge in [0.25, 0.3) is 5.91 Å². The summed E-state index contributed by atoms with van der Waals surface area (Å²) in [7, 11) is 6.65. The van der Waals surface area contributed by atoms with Gasteiger partial charge in [0, 0.05) is 37.9 Å². The van der Waals surface area contributed by atoms with Crippen molar-refractivity contribution in [3.05, 3.63) is 28.7 Å². The van der Waals surface area contributed by atoms with E-state index in [1.807, 2.05) is 36.2 Å². The zero-order chi connectivity index (χ0) is 21.7. The van der Waals surface area contributed by atoms with Crippen LogP contribution in [0.1, 0.15) is 24.8 Å². The Morgan fingerprint density at radius 3 is 2.70 bits per heavy atom. The van der Waals surface area contributed by atoms with Gasteiger partial charge in [-0.25, -0.2) is 0 Å². The van der Waals surface area contributed by atoms with Crippen molar-refractivity contribution in [2.75, 3.05) is 41.5 Å². The number of likely N-dealkylation sites (N-methyl/N-ethyl adjacent to an activating group) is 1. The van der Waals surface area contributed by atoms with Crippen molar-refractivity contribution in [3.8, 4) is 11.5 Å². The Bertz CT molecular complexity index is 813. The van der Waals surface area contributed by atoms with Crippen LogP contribution in [0.3, 0.4) is 0 Å². The summed E-state index contributed by atoms with van der Waals surface area (Å²) in [6.07, 6.45) is 4.34. The Hall–Kier alpha value is -2.19. The molecule has 0 aromatic heterocycles. The van der Waals surface area contributed by atoms with Gasteiger partial charge < -0.3 is 24.4 Å². The van der Waals surface area contributed by atoms with Gasteiger partial charge in [0.2, 0.25) is 5.91 Å². The molecule has 1 saturated heterocycles. The van der Waals surface area contributed by atoms with Gasteiger partial charge in [-0.1, -0.05) is 6.07 Å². The molecule has 164 valence electrons. The molecule has 30 heavy (non-hydrogen) atoms. The van der Waals surface area contributed by atoms with Crippen molar-refractivity contribution in [2.24, 2.45) is 5.92 Å². The second kappa shape index (κ2) is 10.2. The summed E-state index contributed by atoms with van der Waals surface area (Å²) in [4.78, 5) is 28.0. The number of hydrogen-bond acceptors (Lipinski definition) is 6. The van der Waals surface area contributed by atoms with E-state index >= 15 is 0 Å². The summed E-state index contributed by atoms with van der Waals surface area (Å²) < 4.78 is 15.6. The fourth-order valence-corrected chi connectivity index (χ4v) is 5.53. The highest BCUT2D eigenvalue weighted by atomic mass is 32.2. The predicted molar refractivity (Wildman–Crippen MR) is 118 cm³/mol. The maximum atomic E-state index is 13.0. The number of thioether (sulfide) groups is 1. The second-order valence-electron chi connectivity index (χ2n) is 7.56. The number of fused-ring (bicyclic) bond motifs is 1. The number of carbonyl (C=O) groups is 2. The van der Waals surface area contributed by atoms with Crippen LogP contribution < -0.4 is 14.8 Å². The number of carbonyl (C=O) groups excluding carboxylic acids is 2. The molecule has 1 heterocycles. The molecule has 1 aromatic rings. The molecule has 7 nitrogen and oxygen atoms in total. The summed E-state index contributed by atoms with van der Waals surface area (Å²) in [6, 6.07) is 5.68. The molecular weight excluding hydrogens is 404 g/mol. The van der Waals surface area contributed by atoms with Crippen LogP contribution >= 0.6 is 11.8 Å². The molecule has 2 aliphatic rings. The molecule has 1 aliphatic heterocycles. The number of hydrogen-bond donors (Lipinski definition) is 1. The third-order valence-corrected chi connectivity index (χ3v) is 7.14. The molecule has 1 aromatic carbocycles. The van der Waals surface area contributed by atoms with E-state index in [0.717, 1.165) is 18.4 Å². The second-order valence-corrected chi connectivity index (χ2v) is 8.84. The Morgan fingerprint density at radius 2 is 2.00 bits per heavy atom. The molecule has 0 radical (unpaired) electrons. The van der Waals surface area contributed by atoms with Crippen LogP contribution in [0.15, 0.2) is 23.1 Å². The van der Waals surface area contributed by atoms with Gasteiger partial charge in [-0.15, -0.1) is 11.8 Å². The third-order valence-electron chi connectivity index (χ3n) is 5.74. The quantitative estimate of drug-likeness (QED) is 0.525. The maximum absolute atomic E-state index is 13.0. The fourth-order valence-electron chi connectivity index (χ4n) is 4.05. The smallest absolute Gasteiger partial charge is 0.260 e. The van der Waals surface area contributed by atoms with Gasteiger partial charge in [0.05, 0.1) is 25.7 Å². The van der Waals surface area contributed by atoms with Crippen LogP contribution in [-0.2, 0) is 14.3 Å². The molecule has 3 rings (SSSR count). The summed E-state index contributed by atoms with van der Waals surface area (Å²) >= 11 is 1.63. The lowest BCUT2D eigenvalue weighted by molar-refractivity contribution is -0.132. The summed E-state index contributed by atoms with van der Waals surface area (Å²) in [5.41, 5.74) is 0.890.